The highest BCUT2D eigenvalue weighted by atomic mass is 79.9. The molecular formula is C14H18BrN3S. The number of nitrogens with zero attached hydrogens (tertiary/aromatic N) is 2. The summed E-state index contributed by atoms with van der Waals surface area (Å²) >= 11 is 5.14. The monoisotopic (exact) mass is 339 g/mol. The van der Waals surface area contributed by atoms with Gasteiger partial charge in [0.05, 0.1) is 8.66 Å². The molecule has 0 aromatic carbocycles. The van der Waals surface area contributed by atoms with E-state index in [0.717, 1.165) is 45.4 Å². The molecule has 0 amide bonds. The molecule has 1 N–H and O–H groups in total. The lowest BCUT2D eigenvalue weighted by molar-refractivity contribution is 0.665. The standard InChI is InChI=1S/C14H18BrN3S/c1-4-7-16-8-11-9(2)17-14(18-10(11)3)12-5-6-13(15)19-12/h5-6,16H,4,7-8H2,1-3H3. The molecule has 0 aliphatic rings. The molecule has 0 aliphatic heterocycles. The number of halogens is 1. The van der Waals surface area contributed by atoms with Crippen molar-refractivity contribution in [3.05, 3.63) is 32.9 Å². The van der Waals surface area contributed by atoms with E-state index in [0.29, 0.717) is 0 Å². The van der Waals surface area contributed by atoms with Crippen LogP contribution in [-0.2, 0) is 6.54 Å². The molecule has 0 saturated heterocycles. The van der Waals surface area contributed by atoms with E-state index in [4.69, 9.17) is 0 Å². The van der Waals surface area contributed by atoms with Crippen LogP contribution in [0.3, 0.4) is 0 Å². The number of thiophene rings is 1. The first-order chi connectivity index (χ1) is 9.11. The summed E-state index contributed by atoms with van der Waals surface area (Å²) in [5.41, 5.74) is 3.35. The van der Waals surface area contributed by atoms with Crippen molar-refractivity contribution in [2.24, 2.45) is 0 Å². The van der Waals surface area contributed by atoms with Gasteiger partial charge in [0.2, 0.25) is 0 Å². The summed E-state index contributed by atoms with van der Waals surface area (Å²) in [6, 6.07) is 4.09. The van der Waals surface area contributed by atoms with Gasteiger partial charge in [0.25, 0.3) is 0 Å². The topological polar surface area (TPSA) is 37.8 Å². The fourth-order valence-electron chi connectivity index (χ4n) is 1.93. The third kappa shape index (κ3) is 3.61. The van der Waals surface area contributed by atoms with E-state index in [-0.39, 0.29) is 0 Å². The Labute approximate surface area is 126 Å². The van der Waals surface area contributed by atoms with E-state index in [1.807, 2.05) is 6.07 Å². The maximum atomic E-state index is 4.63. The van der Waals surface area contributed by atoms with Crippen molar-refractivity contribution in [1.29, 1.82) is 0 Å². The second-order valence-corrected chi connectivity index (χ2v) is 6.94. The number of nitrogens with one attached hydrogen (secondary N) is 1. The van der Waals surface area contributed by atoms with Crippen molar-refractivity contribution in [1.82, 2.24) is 15.3 Å². The van der Waals surface area contributed by atoms with Crippen molar-refractivity contribution in [3.8, 4) is 10.7 Å². The van der Waals surface area contributed by atoms with Crippen molar-refractivity contribution in [3.63, 3.8) is 0 Å². The lowest BCUT2D eigenvalue weighted by atomic mass is 10.1. The number of hydrogen-bond acceptors (Lipinski definition) is 4. The van der Waals surface area contributed by atoms with Crippen LogP contribution in [-0.4, -0.2) is 16.5 Å². The van der Waals surface area contributed by atoms with Crippen LogP contribution in [0.2, 0.25) is 0 Å². The Bertz CT molecular complexity index is 543. The Morgan fingerprint density at radius 2 is 1.89 bits per heavy atom. The van der Waals surface area contributed by atoms with Crippen LogP contribution in [0.5, 0.6) is 0 Å². The Hall–Kier alpha value is -0.780. The first-order valence-electron chi connectivity index (χ1n) is 6.42. The second-order valence-electron chi connectivity index (χ2n) is 4.48. The lowest BCUT2D eigenvalue weighted by Gasteiger charge is -2.11. The lowest BCUT2D eigenvalue weighted by Crippen LogP contribution is -2.17. The second kappa shape index (κ2) is 6.59. The van der Waals surface area contributed by atoms with Crippen LogP contribution < -0.4 is 5.32 Å². The molecule has 2 aromatic rings. The number of hydrogen-bond donors (Lipinski definition) is 1. The summed E-state index contributed by atoms with van der Waals surface area (Å²) in [7, 11) is 0. The molecule has 2 heterocycles. The molecule has 5 heteroatoms. The predicted molar refractivity (Wildman–Crippen MR) is 84.5 cm³/mol. The molecule has 0 aliphatic carbocycles. The Kier molecular flexibility index (Phi) is 5.07. The highest BCUT2D eigenvalue weighted by Crippen LogP contribution is 2.29. The Morgan fingerprint density at radius 1 is 1.21 bits per heavy atom. The van der Waals surface area contributed by atoms with Gasteiger partial charge in [-0.15, -0.1) is 11.3 Å². The average molecular weight is 340 g/mol. The van der Waals surface area contributed by atoms with Gasteiger partial charge in [0.1, 0.15) is 0 Å². The van der Waals surface area contributed by atoms with Crippen molar-refractivity contribution in [2.45, 2.75) is 33.7 Å². The maximum absolute atomic E-state index is 4.63. The molecule has 19 heavy (non-hydrogen) atoms. The van der Waals surface area contributed by atoms with Gasteiger partial charge >= 0.3 is 0 Å². The number of aryl methyl sites for hydroxylation is 2. The molecule has 0 radical (unpaired) electrons. The molecular weight excluding hydrogens is 322 g/mol. The SMILES string of the molecule is CCCNCc1c(C)nc(-c2ccc(Br)s2)nc1C. The molecule has 2 rings (SSSR count). The van der Waals surface area contributed by atoms with Crippen LogP contribution >= 0.6 is 27.3 Å². The van der Waals surface area contributed by atoms with Crippen LogP contribution in [0.4, 0.5) is 0 Å². The fraction of sp³-hybridized carbons (Fsp3) is 0.429. The highest BCUT2D eigenvalue weighted by molar-refractivity contribution is 9.11. The van der Waals surface area contributed by atoms with Crippen molar-refractivity contribution >= 4 is 27.3 Å². The minimum Gasteiger partial charge on any atom is -0.313 e. The minimum atomic E-state index is 0.824. The van der Waals surface area contributed by atoms with E-state index in [2.05, 4.69) is 58.1 Å². The van der Waals surface area contributed by atoms with Gasteiger partial charge in [-0.3, -0.25) is 0 Å². The third-order valence-electron chi connectivity index (χ3n) is 2.94. The largest absolute Gasteiger partial charge is 0.313 e. The summed E-state index contributed by atoms with van der Waals surface area (Å²) in [5, 5.41) is 3.41. The summed E-state index contributed by atoms with van der Waals surface area (Å²) in [4.78, 5) is 10.4. The molecule has 0 saturated carbocycles. The van der Waals surface area contributed by atoms with E-state index >= 15 is 0 Å². The van der Waals surface area contributed by atoms with Crippen molar-refractivity contribution < 1.29 is 0 Å². The third-order valence-corrected chi connectivity index (χ3v) is 4.56. The summed E-state index contributed by atoms with van der Waals surface area (Å²) in [5.74, 6) is 0.824. The molecule has 0 bridgehead atoms. The van der Waals surface area contributed by atoms with Crippen molar-refractivity contribution in [2.75, 3.05) is 6.54 Å². The van der Waals surface area contributed by atoms with Gasteiger partial charge in [0.15, 0.2) is 5.82 Å². The van der Waals surface area contributed by atoms with Crippen LogP contribution in [0.1, 0.15) is 30.3 Å². The summed E-state index contributed by atoms with van der Waals surface area (Å²) < 4.78 is 1.11. The van der Waals surface area contributed by atoms with Crippen LogP contribution in [0, 0.1) is 13.8 Å². The van der Waals surface area contributed by atoms with E-state index in [1.165, 1.54) is 5.56 Å². The minimum absolute atomic E-state index is 0.824. The van der Waals surface area contributed by atoms with Gasteiger partial charge in [-0.2, -0.15) is 0 Å². The molecule has 0 fully saturated rings. The smallest absolute Gasteiger partial charge is 0.169 e. The maximum Gasteiger partial charge on any atom is 0.169 e. The van der Waals surface area contributed by atoms with E-state index in [9.17, 15) is 0 Å². The predicted octanol–water partition coefficient (Wildman–Crippen LogP) is 4.08. The first kappa shape index (κ1) is 14.6. The van der Waals surface area contributed by atoms with Gasteiger partial charge in [-0.05, 0) is 54.9 Å². The average Bonchev–Trinajstić information content (AvgIpc) is 2.79. The van der Waals surface area contributed by atoms with Gasteiger partial charge in [-0.1, -0.05) is 6.92 Å². The molecule has 0 atom stereocenters. The zero-order chi connectivity index (χ0) is 13.8. The van der Waals surface area contributed by atoms with E-state index < -0.39 is 0 Å². The quantitative estimate of drug-likeness (QED) is 0.834. The number of rotatable bonds is 5. The van der Waals surface area contributed by atoms with E-state index in [1.54, 1.807) is 11.3 Å². The molecule has 2 aromatic heterocycles. The van der Waals surface area contributed by atoms with Crippen LogP contribution in [0.15, 0.2) is 15.9 Å². The fourth-order valence-corrected chi connectivity index (χ4v) is 3.25. The Morgan fingerprint density at radius 3 is 2.42 bits per heavy atom. The molecule has 0 unspecified atom stereocenters. The van der Waals surface area contributed by atoms with Crippen LogP contribution in [0.25, 0.3) is 10.7 Å². The summed E-state index contributed by atoms with van der Waals surface area (Å²) in [6.07, 6.45) is 1.14. The highest BCUT2D eigenvalue weighted by Gasteiger charge is 2.11. The Balaban J connectivity index is 2.26. The molecule has 3 nitrogen and oxygen atoms in total. The summed E-state index contributed by atoms with van der Waals surface area (Å²) in [6.45, 7) is 8.16. The zero-order valence-electron chi connectivity index (χ0n) is 11.5. The van der Waals surface area contributed by atoms with Gasteiger partial charge in [0, 0.05) is 23.5 Å². The van der Waals surface area contributed by atoms with Gasteiger partial charge < -0.3 is 5.32 Å². The molecule has 102 valence electrons. The normalized spacial score (nSPS) is 10.9. The van der Waals surface area contributed by atoms with Gasteiger partial charge in [-0.25, -0.2) is 9.97 Å². The number of aromatic nitrogens is 2. The first-order valence-corrected chi connectivity index (χ1v) is 8.03. The molecule has 0 spiro atoms. The zero-order valence-corrected chi connectivity index (χ0v) is 13.9.